The summed E-state index contributed by atoms with van der Waals surface area (Å²) < 4.78 is 20.2. The Bertz CT molecular complexity index is 786. The van der Waals surface area contributed by atoms with E-state index in [1.54, 1.807) is 30.3 Å². The number of hydrogen-bond acceptors (Lipinski definition) is 4. The predicted octanol–water partition coefficient (Wildman–Crippen LogP) is 3.33. The number of rotatable bonds is 4. The first-order chi connectivity index (χ1) is 12.4. The third kappa shape index (κ3) is 4.32. The number of para-hydroxylation sites is 1. The predicted molar refractivity (Wildman–Crippen MR) is 99.1 cm³/mol. The molecule has 2 aromatic rings. The average molecular weight is 358 g/mol. The minimum absolute atomic E-state index is 0.0224. The minimum atomic E-state index is -0.383. The van der Waals surface area contributed by atoms with Gasteiger partial charge in [-0.15, -0.1) is 0 Å². The number of hydrogen-bond donors (Lipinski definition) is 2. The molecular weight excluding hydrogens is 335 g/mol. The number of halogens is 1. The lowest BCUT2D eigenvalue weighted by Gasteiger charge is -2.37. The van der Waals surface area contributed by atoms with E-state index in [2.05, 4.69) is 5.32 Å². The quantitative estimate of drug-likeness (QED) is 0.880. The van der Waals surface area contributed by atoms with Crippen LogP contribution < -0.4 is 10.2 Å². The molecule has 1 fully saturated rings. The van der Waals surface area contributed by atoms with E-state index >= 15 is 0 Å². The van der Waals surface area contributed by atoms with Gasteiger partial charge in [-0.2, -0.15) is 0 Å². The van der Waals surface area contributed by atoms with Gasteiger partial charge in [0.25, 0.3) is 0 Å². The maximum Gasteiger partial charge on any atom is 0.228 e. The van der Waals surface area contributed by atoms with Gasteiger partial charge in [0.1, 0.15) is 11.6 Å². The van der Waals surface area contributed by atoms with Crippen molar-refractivity contribution in [2.75, 3.05) is 23.3 Å². The Morgan fingerprint density at radius 2 is 1.92 bits per heavy atom. The number of carbonyl (C=O) groups excluding carboxylic acids is 1. The first-order valence-electron chi connectivity index (χ1n) is 8.69. The molecule has 0 saturated carbocycles. The van der Waals surface area contributed by atoms with Gasteiger partial charge in [-0.25, -0.2) is 4.39 Å². The maximum absolute atomic E-state index is 14.6. The molecule has 0 aromatic heterocycles. The molecule has 2 aromatic carbocycles. The summed E-state index contributed by atoms with van der Waals surface area (Å²) in [6.07, 6.45) is 0.0984. The van der Waals surface area contributed by atoms with Crippen molar-refractivity contribution in [3.05, 3.63) is 53.8 Å². The Hall–Kier alpha value is -2.60. The molecule has 3 rings (SSSR count). The van der Waals surface area contributed by atoms with Crippen LogP contribution in [0.5, 0.6) is 5.75 Å². The summed E-state index contributed by atoms with van der Waals surface area (Å²) in [5, 5.41) is 12.4. The van der Waals surface area contributed by atoms with E-state index in [1.807, 2.05) is 18.7 Å². The van der Waals surface area contributed by atoms with Crippen LogP contribution in [-0.4, -0.2) is 36.3 Å². The van der Waals surface area contributed by atoms with Crippen molar-refractivity contribution in [3.63, 3.8) is 0 Å². The Kier molecular flexibility index (Phi) is 5.42. The summed E-state index contributed by atoms with van der Waals surface area (Å²) in [6, 6.07) is 11.3. The van der Waals surface area contributed by atoms with E-state index < -0.39 is 0 Å². The molecule has 5 nitrogen and oxygen atoms in total. The molecule has 0 spiro atoms. The fourth-order valence-electron chi connectivity index (χ4n) is 3.25. The molecule has 1 amide bonds. The minimum Gasteiger partial charge on any atom is -0.508 e. The second kappa shape index (κ2) is 7.74. The molecule has 2 atom stereocenters. The normalized spacial score (nSPS) is 20.0. The monoisotopic (exact) mass is 358 g/mol. The van der Waals surface area contributed by atoms with Crippen molar-refractivity contribution < 1.29 is 19.0 Å². The van der Waals surface area contributed by atoms with Crippen LogP contribution in [0.4, 0.5) is 15.8 Å². The van der Waals surface area contributed by atoms with Gasteiger partial charge < -0.3 is 20.1 Å². The number of benzene rings is 2. The highest BCUT2D eigenvalue weighted by molar-refractivity contribution is 5.92. The molecule has 0 unspecified atom stereocenters. The van der Waals surface area contributed by atoms with Crippen molar-refractivity contribution >= 4 is 17.3 Å². The molecule has 1 aliphatic rings. The number of ether oxygens (including phenoxy) is 1. The van der Waals surface area contributed by atoms with Gasteiger partial charge in [0, 0.05) is 24.3 Å². The molecule has 2 N–H and O–H groups in total. The van der Waals surface area contributed by atoms with Crippen LogP contribution >= 0.6 is 0 Å². The molecular formula is C20H23FN2O3. The number of phenols is 1. The van der Waals surface area contributed by atoms with Gasteiger partial charge in [-0.1, -0.05) is 18.2 Å². The first kappa shape index (κ1) is 18.2. The zero-order chi connectivity index (χ0) is 18.7. The summed E-state index contributed by atoms with van der Waals surface area (Å²) in [7, 11) is 0. The smallest absolute Gasteiger partial charge is 0.228 e. The highest BCUT2D eigenvalue weighted by Crippen LogP contribution is 2.26. The van der Waals surface area contributed by atoms with Gasteiger partial charge in [-0.05, 0) is 38.1 Å². The van der Waals surface area contributed by atoms with Crippen LogP contribution in [0.25, 0.3) is 0 Å². The fraction of sp³-hybridized carbons (Fsp3) is 0.350. The fourth-order valence-corrected chi connectivity index (χ4v) is 3.25. The lowest BCUT2D eigenvalue weighted by molar-refractivity contribution is -0.115. The molecule has 0 bridgehead atoms. The highest BCUT2D eigenvalue weighted by atomic mass is 19.1. The van der Waals surface area contributed by atoms with Crippen LogP contribution in [0, 0.1) is 5.82 Å². The van der Waals surface area contributed by atoms with E-state index in [1.165, 1.54) is 12.1 Å². The third-order valence-corrected chi connectivity index (χ3v) is 4.33. The molecule has 1 saturated heterocycles. The maximum atomic E-state index is 14.6. The zero-order valence-corrected chi connectivity index (χ0v) is 14.9. The number of aromatic hydroxyl groups is 1. The molecule has 1 heterocycles. The van der Waals surface area contributed by atoms with Gasteiger partial charge >= 0.3 is 0 Å². The van der Waals surface area contributed by atoms with Crippen molar-refractivity contribution in [1.29, 1.82) is 0 Å². The number of nitrogens with one attached hydrogen (secondary N) is 1. The summed E-state index contributed by atoms with van der Waals surface area (Å²) in [4.78, 5) is 14.1. The zero-order valence-electron chi connectivity index (χ0n) is 14.9. The van der Waals surface area contributed by atoms with Crippen LogP contribution in [0.2, 0.25) is 0 Å². The molecule has 1 aliphatic heterocycles. The van der Waals surface area contributed by atoms with Crippen molar-refractivity contribution in [2.24, 2.45) is 0 Å². The second-order valence-corrected chi connectivity index (χ2v) is 6.68. The van der Waals surface area contributed by atoms with E-state index in [9.17, 15) is 14.3 Å². The Morgan fingerprint density at radius 3 is 2.58 bits per heavy atom. The SMILES string of the molecule is C[C@@H]1CN(c2ccc(NC(=O)Cc3ccccc3O)cc2F)C[C@@H](C)O1. The largest absolute Gasteiger partial charge is 0.508 e. The first-order valence-corrected chi connectivity index (χ1v) is 8.69. The Morgan fingerprint density at radius 1 is 1.23 bits per heavy atom. The van der Waals surface area contributed by atoms with Crippen LogP contribution in [0.3, 0.4) is 0 Å². The van der Waals surface area contributed by atoms with Gasteiger partial charge in [0.15, 0.2) is 0 Å². The molecule has 26 heavy (non-hydrogen) atoms. The van der Waals surface area contributed by atoms with Crippen molar-refractivity contribution in [2.45, 2.75) is 32.5 Å². The van der Waals surface area contributed by atoms with Crippen LogP contribution in [0.1, 0.15) is 19.4 Å². The molecule has 0 radical (unpaired) electrons. The number of nitrogens with zero attached hydrogens (tertiary/aromatic N) is 1. The topological polar surface area (TPSA) is 61.8 Å². The lowest BCUT2D eigenvalue weighted by Crippen LogP contribution is -2.45. The van der Waals surface area contributed by atoms with Gasteiger partial charge in [-0.3, -0.25) is 4.79 Å². The summed E-state index contributed by atoms with van der Waals surface area (Å²) in [5.74, 6) is -0.626. The van der Waals surface area contributed by atoms with E-state index in [0.29, 0.717) is 30.0 Å². The van der Waals surface area contributed by atoms with Crippen LogP contribution in [-0.2, 0) is 16.0 Å². The van der Waals surface area contributed by atoms with E-state index in [-0.39, 0.29) is 36.1 Å². The average Bonchev–Trinajstić information content (AvgIpc) is 2.56. The Labute approximate surface area is 152 Å². The van der Waals surface area contributed by atoms with E-state index in [0.717, 1.165) is 0 Å². The third-order valence-electron chi connectivity index (χ3n) is 4.33. The summed E-state index contributed by atoms with van der Waals surface area (Å²) >= 11 is 0. The summed E-state index contributed by atoms with van der Waals surface area (Å²) in [6.45, 7) is 5.18. The van der Waals surface area contributed by atoms with Gasteiger partial charge in [0.2, 0.25) is 5.91 Å². The lowest BCUT2D eigenvalue weighted by atomic mass is 10.1. The van der Waals surface area contributed by atoms with Crippen molar-refractivity contribution in [1.82, 2.24) is 0 Å². The summed E-state index contributed by atoms with van der Waals surface area (Å²) in [5.41, 5.74) is 1.42. The highest BCUT2D eigenvalue weighted by Gasteiger charge is 2.24. The van der Waals surface area contributed by atoms with Gasteiger partial charge in [0.05, 0.1) is 24.3 Å². The second-order valence-electron chi connectivity index (χ2n) is 6.68. The molecule has 138 valence electrons. The number of amides is 1. The number of morpholine rings is 1. The standard InChI is InChI=1S/C20H23FN2O3/c1-13-11-23(12-14(2)26-13)18-8-7-16(10-17(18)21)22-20(25)9-15-5-3-4-6-19(15)24/h3-8,10,13-14,24H,9,11-12H2,1-2H3,(H,22,25)/t13-,14-/m1/s1. The number of carbonyl (C=O) groups is 1. The Balaban J connectivity index is 1.67. The number of anilines is 2. The van der Waals surface area contributed by atoms with E-state index in [4.69, 9.17) is 4.74 Å². The molecule has 0 aliphatic carbocycles. The van der Waals surface area contributed by atoms with Crippen molar-refractivity contribution in [3.8, 4) is 5.75 Å². The van der Waals surface area contributed by atoms with Crippen LogP contribution in [0.15, 0.2) is 42.5 Å². The number of phenolic OH excluding ortho intramolecular Hbond substituents is 1. The molecule has 6 heteroatoms.